The maximum Gasteiger partial charge on any atom is 0.178 e. The Morgan fingerprint density at radius 2 is 1.59 bits per heavy atom. The molecule has 29 heavy (non-hydrogen) atoms. The molecular formula is C24H15N3O2. The summed E-state index contributed by atoms with van der Waals surface area (Å²) in [4.78, 5) is 4.43. The number of anilines is 2. The molecule has 2 aromatic heterocycles. The zero-order chi connectivity index (χ0) is 19.6. The molecule has 5 heteroatoms. The predicted molar refractivity (Wildman–Crippen MR) is 112 cm³/mol. The van der Waals surface area contributed by atoms with Gasteiger partial charge in [-0.2, -0.15) is 5.26 Å². The normalized spacial score (nSPS) is 10.7. The fourth-order valence-corrected chi connectivity index (χ4v) is 3.23. The number of benzene rings is 3. The first kappa shape index (κ1) is 16.8. The minimum atomic E-state index is 0.418. The van der Waals surface area contributed by atoms with E-state index in [1.54, 1.807) is 6.20 Å². The van der Waals surface area contributed by atoms with Crippen molar-refractivity contribution in [3.8, 4) is 17.6 Å². The number of hydrogen-bond acceptors (Lipinski definition) is 5. The van der Waals surface area contributed by atoms with Crippen molar-refractivity contribution in [2.75, 3.05) is 5.32 Å². The van der Waals surface area contributed by atoms with Crippen LogP contribution < -0.4 is 10.1 Å². The molecule has 0 radical (unpaired) electrons. The Morgan fingerprint density at radius 1 is 0.862 bits per heavy atom. The Labute approximate surface area is 166 Å². The number of aromatic nitrogens is 1. The van der Waals surface area contributed by atoms with Crippen molar-refractivity contribution in [1.29, 1.82) is 5.26 Å². The van der Waals surface area contributed by atoms with Gasteiger partial charge in [-0.1, -0.05) is 30.3 Å². The average molecular weight is 377 g/mol. The molecule has 0 unspecified atom stereocenters. The van der Waals surface area contributed by atoms with E-state index < -0.39 is 0 Å². The summed E-state index contributed by atoms with van der Waals surface area (Å²) < 4.78 is 11.8. The Kier molecular flexibility index (Phi) is 4.08. The van der Waals surface area contributed by atoms with Gasteiger partial charge in [0.05, 0.1) is 5.56 Å². The van der Waals surface area contributed by atoms with Gasteiger partial charge in [-0.05, 0) is 48.5 Å². The van der Waals surface area contributed by atoms with Gasteiger partial charge in [0.1, 0.15) is 34.4 Å². The molecule has 0 saturated heterocycles. The van der Waals surface area contributed by atoms with E-state index in [1.807, 2.05) is 78.9 Å². The minimum Gasteiger partial charge on any atom is -0.457 e. The van der Waals surface area contributed by atoms with Gasteiger partial charge in [-0.25, -0.2) is 0 Å². The molecule has 5 nitrogen and oxygen atoms in total. The van der Waals surface area contributed by atoms with Gasteiger partial charge >= 0.3 is 0 Å². The molecule has 0 aliphatic carbocycles. The topological polar surface area (TPSA) is 71.1 Å². The van der Waals surface area contributed by atoms with Crippen LogP contribution in [0.15, 0.2) is 89.5 Å². The lowest BCUT2D eigenvalue weighted by Crippen LogP contribution is -1.95. The first-order valence-corrected chi connectivity index (χ1v) is 9.12. The number of para-hydroxylation sites is 2. The zero-order valence-electron chi connectivity index (χ0n) is 15.3. The Balaban J connectivity index is 1.50. The van der Waals surface area contributed by atoms with Crippen molar-refractivity contribution in [1.82, 2.24) is 4.98 Å². The lowest BCUT2D eigenvalue weighted by atomic mass is 10.1. The summed E-state index contributed by atoms with van der Waals surface area (Å²) >= 11 is 0. The molecule has 5 aromatic rings. The van der Waals surface area contributed by atoms with Crippen molar-refractivity contribution in [2.45, 2.75) is 0 Å². The molecule has 2 heterocycles. The van der Waals surface area contributed by atoms with Crippen molar-refractivity contribution in [2.24, 2.45) is 0 Å². The number of hydrogen-bond donors (Lipinski definition) is 1. The van der Waals surface area contributed by atoms with Crippen LogP contribution in [0.1, 0.15) is 5.56 Å². The van der Waals surface area contributed by atoms with Crippen LogP contribution in [0.2, 0.25) is 0 Å². The molecular weight excluding hydrogens is 362 g/mol. The number of fused-ring (bicyclic) bond motifs is 3. The highest BCUT2D eigenvalue weighted by molar-refractivity contribution is 6.07. The molecule has 1 N–H and O–H groups in total. The molecule has 0 saturated carbocycles. The van der Waals surface area contributed by atoms with Crippen LogP contribution in [0.4, 0.5) is 11.4 Å². The highest BCUT2D eigenvalue weighted by Gasteiger charge is 2.16. The van der Waals surface area contributed by atoms with E-state index in [1.165, 1.54) is 0 Å². The van der Waals surface area contributed by atoms with Crippen molar-refractivity contribution in [3.05, 3.63) is 90.6 Å². The fourth-order valence-electron chi connectivity index (χ4n) is 3.23. The first-order chi connectivity index (χ1) is 14.3. The lowest BCUT2D eigenvalue weighted by molar-refractivity contribution is 0.483. The monoisotopic (exact) mass is 377 g/mol. The van der Waals surface area contributed by atoms with Crippen LogP contribution in [0.3, 0.4) is 0 Å². The number of furan rings is 1. The molecule has 0 spiro atoms. The number of nitrogens with one attached hydrogen (secondary N) is 1. The third kappa shape index (κ3) is 3.13. The molecule has 0 amide bonds. The molecule has 0 bridgehead atoms. The quantitative estimate of drug-likeness (QED) is 0.393. The number of nitriles is 1. The molecule has 0 atom stereocenters. The SMILES string of the molecule is N#Cc1cnc2c(oc3ccccc32)c1Nc1ccc(Oc2ccccc2)cc1. The van der Waals surface area contributed by atoms with Crippen molar-refractivity contribution >= 4 is 33.4 Å². The molecule has 5 rings (SSSR count). The minimum absolute atomic E-state index is 0.418. The van der Waals surface area contributed by atoms with Gasteiger partial charge < -0.3 is 14.5 Å². The van der Waals surface area contributed by atoms with Gasteiger partial charge in [-0.15, -0.1) is 0 Å². The van der Waals surface area contributed by atoms with Gasteiger partial charge in [0, 0.05) is 17.3 Å². The van der Waals surface area contributed by atoms with Gasteiger partial charge in [0.2, 0.25) is 0 Å². The molecule has 0 aliphatic heterocycles. The lowest BCUT2D eigenvalue weighted by Gasteiger charge is -2.10. The van der Waals surface area contributed by atoms with Gasteiger partial charge in [-0.3, -0.25) is 4.98 Å². The summed E-state index contributed by atoms with van der Waals surface area (Å²) in [6.07, 6.45) is 1.57. The standard InChI is InChI=1S/C24H15N3O2/c25-14-16-15-26-23-20-8-4-5-9-21(20)29-24(23)22(16)27-17-10-12-19(13-11-17)28-18-6-2-1-3-7-18/h1-13,15H,(H,26,27). The summed E-state index contributed by atoms with van der Waals surface area (Å²) in [5, 5.41) is 13.8. The zero-order valence-corrected chi connectivity index (χ0v) is 15.3. The average Bonchev–Trinajstić information content (AvgIpc) is 3.15. The van der Waals surface area contributed by atoms with E-state index in [2.05, 4.69) is 16.4 Å². The second kappa shape index (κ2) is 7.02. The Hall–Kier alpha value is -4.30. The summed E-state index contributed by atoms with van der Waals surface area (Å²) in [6, 6.07) is 27.0. The second-order valence-electron chi connectivity index (χ2n) is 6.50. The van der Waals surface area contributed by atoms with Gasteiger partial charge in [0.25, 0.3) is 0 Å². The van der Waals surface area contributed by atoms with E-state index in [0.29, 0.717) is 16.8 Å². The Morgan fingerprint density at radius 3 is 2.38 bits per heavy atom. The van der Waals surface area contributed by atoms with Crippen LogP contribution in [0, 0.1) is 11.3 Å². The van der Waals surface area contributed by atoms with E-state index >= 15 is 0 Å². The number of pyridine rings is 1. The summed E-state index contributed by atoms with van der Waals surface area (Å²) in [5.41, 5.74) is 3.86. The number of ether oxygens (including phenoxy) is 1. The van der Waals surface area contributed by atoms with Crippen molar-refractivity contribution in [3.63, 3.8) is 0 Å². The first-order valence-electron chi connectivity index (χ1n) is 9.12. The summed E-state index contributed by atoms with van der Waals surface area (Å²) in [6.45, 7) is 0. The predicted octanol–water partition coefficient (Wildman–Crippen LogP) is 6.39. The molecule has 3 aromatic carbocycles. The second-order valence-corrected chi connectivity index (χ2v) is 6.50. The highest BCUT2D eigenvalue weighted by Crippen LogP contribution is 2.35. The maximum atomic E-state index is 9.55. The van der Waals surface area contributed by atoms with Gasteiger partial charge in [0.15, 0.2) is 5.58 Å². The summed E-state index contributed by atoms with van der Waals surface area (Å²) in [7, 11) is 0. The van der Waals surface area contributed by atoms with Crippen LogP contribution in [0.25, 0.3) is 22.1 Å². The van der Waals surface area contributed by atoms with E-state index in [9.17, 15) is 5.26 Å². The van der Waals surface area contributed by atoms with Crippen LogP contribution in [0.5, 0.6) is 11.5 Å². The van der Waals surface area contributed by atoms with Crippen molar-refractivity contribution < 1.29 is 9.15 Å². The number of nitrogens with zero attached hydrogens (tertiary/aromatic N) is 2. The molecule has 0 aliphatic rings. The third-order valence-corrected chi connectivity index (χ3v) is 4.61. The van der Waals surface area contributed by atoms with Crippen LogP contribution in [-0.4, -0.2) is 4.98 Å². The smallest absolute Gasteiger partial charge is 0.178 e. The largest absolute Gasteiger partial charge is 0.457 e. The summed E-state index contributed by atoms with van der Waals surface area (Å²) in [5.74, 6) is 1.50. The third-order valence-electron chi connectivity index (χ3n) is 4.61. The fraction of sp³-hybridized carbons (Fsp3) is 0. The molecule has 0 fully saturated rings. The van der Waals surface area contributed by atoms with E-state index in [-0.39, 0.29) is 0 Å². The molecule has 138 valence electrons. The maximum absolute atomic E-state index is 9.55. The highest BCUT2D eigenvalue weighted by atomic mass is 16.5. The number of rotatable bonds is 4. The van der Waals surface area contributed by atoms with E-state index in [0.717, 1.165) is 33.7 Å². The van der Waals surface area contributed by atoms with Crippen LogP contribution >= 0.6 is 0 Å². The van der Waals surface area contributed by atoms with E-state index in [4.69, 9.17) is 9.15 Å². The Bertz CT molecular complexity index is 1350. The van der Waals surface area contributed by atoms with Crippen LogP contribution in [-0.2, 0) is 0 Å².